The molecule has 0 spiro atoms. The van der Waals surface area contributed by atoms with E-state index in [0.717, 1.165) is 6.07 Å². The summed E-state index contributed by atoms with van der Waals surface area (Å²) in [6, 6.07) is 2.21. The van der Waals surface area contributed by atoms with Gasteiger partial charge in [0.2, 0.25) is 11.1 Å². The number of methoxy groups -OCH3 is 1. The second-order valence-corrected chi connectivity index (χ2v) is 4.36. The van der Waals surface area contributed by atoms with Gasteiger partial charge >= 0.3 is 15.8 Å². The lowest BCUT2D eigenvalue weighted by molar-refractivity contribution is -0.00000764. The van der Waals surface area contributed by atoms with Crippen LogP contribution in [0.4, 0.5) is 5.69 Å². The molecule has 0 aliphatic heterocycles. The second-order valence-electron chi connectivity index (χ2n) is 2.53. The van der Waals surface area contributed by atoms with Crippen LogP contribution in [-0.2, 0) is 10.1 Å². The molecule has 0 heterocycles. The molecular formula is C7H6BrClN2O4S. The first-order chi connectivity index (χ1) is 6.90. The molecule has 0 fully saturated rings. The first kappa shape index (κ1) is 15.1. The van der Waals surface area contributed by atoms with Crippen molar-refractivity contribution in [1.29, 1.82) is 5.39 Å². The molecular weight excluding hydrogens is 324 g/mol. The van der Waals surface area contributed by atoms with Gasteiger partial charge in [0.1, 0.15) is 0 Å². The molecule has 0 unspecified atom stereocenters. The third-order valence-corrected chi connectivity index (χ3v) is 2.69. The minimum atomic E-state index is -4.52. The summed E-state index contributed by atoms with van der Waals surface area (Å²) in [5.74, 6) is -0.0578. The van der Waals surface area contributed by atoms with Crippen LogP contribution in [0.5, 0.6) is 5.75 Å². The number of hydrogen-bond acceptors (Lipinski definition) is 4. The highest BCUT2D eigenvalue weighted by Crippen LogP contribution is 2.37. The molecule has 9 heteroatoms. The van der Waals surface area contributed by atoms with Crippen molar-refractivity contribution >= 4 is 27.4 Å². The van der Waals surface area contributed by atoms with E-state index in [1.807, 2.05) is 0 Å². The number of rotatable bonds is 2. The Kier molecular flexibility index (Phi) is 5.15. The molecule has 1 rings (SSSR count). The normalized spacial score (nSPS) is 10.1. The van der Waals surface area contributed by atoms with Crippen LogP contribution in [0.2, 0.25) is 5.02 Å². The van der Waals surface area contributed by atoms with E-state index in [2.05, 4.69) is 4.98 Å². The molecule has 0 saturated carbocycles. The molecule has 0 saturated heterocycles. The Morgan fingerprint density at radius 3 is 2.44 bits per heavy atom. The first-order valence-electron chi connectivity index (χ1n) is 3.60. The van der Waals surface area contributed by atoms with E-state index in [4.69, 9.17) is 26.3 Å². The predicted octanol–water partition coefficient (Wildman–Crippen LogP) is -0.916. The van der Waals surface area contributed by atoms with E-state index in [-0.39, 0.29) is 27.8 Å². The van der Waals surface area contributed by atoms with E-state index in [1.165, 1.54) is 13.2 Å². The van der Waals surface area contributed by atoms with Crippen molar-refractivity contribution in [3.05, 3.63) is 22.1 Å². The van der Waals surface area contributed by atoms with Crippen LogP contribution >= 0.6 is 11.6 Å². The van der Waals surface area contributed by atoms with Gasteiger partial charge in [-0.1, -0.05) is 11.6 Å². The van der Waals surface area contributed by atoms with Crippen LogP contribution < -0.4 is 21.7 Å². The third kappa shape index (κ3) is 3.05. The number of diazo groups is 1. The van der Waals surface area contributed by atoms with Gasteiger partial charge in [-0.3, -0.25) is 4.55 Å². The van der Waals surface area contributed by atoms with Crippen LogP contribution in [0.3, 0.4) is 0 Å². The Bertz CT molecular complexity index is 540. The van der Waals surface area contributed by atoms with Crippen molar-refractivity contribution < 1.29 is 34.7 Å². The summed E-state index contributed by atoms with van der Waals surface area (Å²) >= 11 is 5.58. The van der Waals surface area contributed by atoms with Gasteiger partial charge in [0.15, 0.2) is 9.87 Å². The topological polar surface area (TPSA) is 91.8 Å². The van der Waals surface area contributed by atoms with E-state index in [0.29, 0.717) is 0 Å². The monoisotopic (exact) mass is 328 g/mol. The lowest BCUT2D eigenvalue weighted by Crippen LogP contribution is -3.00. The maximum atomic E-state index is 10.9. The Hall–Kier alpha value is -0.880. The standard InChI is InChI=1S/C7H5ClN2O4S.BrH/c1-14-5-2-4(8)3-6(7(5)10-9)15(11,12)13;/h2-3H,1H3;1H. The van der Waals surface area contributed by atoms with E-state index in [9.17, 15) is 8.42 Å². The lowest BCUT2D eigenvalue weighted by Gasteiger charge is -2.00. The fraction of sp³-hybridized carbons (Fsp3) is 0.143. The smallest absolute Gasteiger partial charge is 0.447 e. The predicted molar refractivity (Wildman–Crippen MR) is 52.6 cm³/mol. The average molecular weight is 330 g/mol. The zero-order valence-corrected chi connectivity index (χ0v) is 11.0. The Labute approximate surface area is 107 Å². The van der Waals surface area contributed by atoms with Crippen LogP contribution in [0, 0.1) is 5.39 Å². The Morgan fingerprint density at radius 1 is 1.50 bits per heavy atom. The molecule has 0 aromatic heterocycles. The second kappa shape index (κ2) is 5.45. The molecule has 0 atom stereocenters. The fourth-order valence-electron chi connectivity index (χ4n) is 1.00. The lowest BCUT2D eigenvalue weighted by atomic mass is 10.3. The van der Waals surface area contributed by atoms with Gasteiger partial charge in [0.25, 0.3) is 0 Å². The van der Waals surface area contributed by atoms with Crippen LogP contribution in [0.15, 0.2) is 17.0 Å². The van der Waals surface area contributed by atoms with Crippen LogP contribution in [-0.4, -0.2) is 20.1 Å². The molecule has 1 N–H and O–H groups in total. The summed E-state index contributed by atoms with van der Waals surface area (Å²) in [5, 5.41) is 8.65. The van der Waals surface area contributed by atoms with Gasteiger partial charge in [-0.15, -0.1) is 0 Å². The largest absolute Gasteiger partial charge is 1.00 e. The van der Waals surface area contributed by atoms with Crippen LogP contribution in [0.25, 0.3) is 4.98 Å². The molecule has 0 bridgehead atoms. The van der Waals surface area contributed by atoms with Gasteiger partial charge < -0.3 is 21.7 Å². The van der Waals surface area contributed by atoms with Crippen molar-refractivity contribution in [3.8, 4) is 5.75 Å². The summed E-state index contributed by atoms with van der Waals surface area (Å²) in [6.45, 7) is 0. The van der Waals surface area contributed by atoms with Gasteiger partial charge in [-0.25, -0.2) is 0 Å². The zero-order chi connectivity index (χ0) is 11.6. The van der Waals surface area contributed by atoms with Gasteiger partial charge in [0.05, 0.1) is 7.11 Å². The third-order valence-electron chi connectivity index (χ3n) is 1.60. The molecule has 1 aromatic rings. The van der Waals surface area contributed by atoms with Crippen molar-refractivity contribution in [2.45, 2.75) is 4.90 Å². The Morgan fingerprint density at radius 2 is 2.06 bits per heavy atom. The minimum absolute atomic E-state index is 0. The zero-order valence-electron chi connectivity index (χ0n) is 7.89. The van der Waals surface area contributed by atoms with E-state index < -0.39 is 20.7 Å². The number of nitrogens with zero attached hydrogens (tertiary/aromatic N) is 2. The molecule has 0 amide bonds. The quantitative estimate of drug-likeness (QED) is 0.560. The van der Waals surface area contributed by atoms with Gasteiger partial charge in [-0.2, -0.15) is 8.42 Å². The average Bonchev–Trinajstić information content (AvgIpc) is 2.15. The molecule has 6 nitrogen and oxygen atoms in total. The fourth-order valence-corrected chi connectivity index (χ4v) is 1.94. The molecule has 1 aromatic carbocycles. The highest BCUT2D eigenvalue weighted by molar-refractivity contribution is 7.86. The molecule has 0 aliphatic rings. The Balaban J connectivity index is 0.00000225. The van der Waals surface area contributed by atoms with Crippen molar-refractivity contribution in [2.75, 3.05) is 7.11 Å². The highest BCUT2D eigenvalue weighted by atomic mass is 79.9. The van der Waals surface area contributed by atoms with Crippen molar-refractivity contribution in [1.82, 2.24) is 0 Å². The number of hydrogen-bond donors (Lipinski definition) is 1. The van der Waals surface area contributed by atoms with E-state index >= 15 is 0 Å². The van der Waals surface area contributed by atoms with Crippen molar-refractivity contribution in [3.63, 3.8) is 0 Å². The van der Waals surface area contributed by atoms with Crippen molar-refractivity contribution in [2.24, 2.45) is 0 Å². The molecule has 16 heavy (non-hydrogen) atoms. The summed E-state index contributed by atoms with van der Waals surface area (Å²) in [5.41, 5.74) is -0.399. The summed E-state index contributed by atoms with van der Waals surface area (Å²) < 4.78 is 35.4. The minimum Gasteiger partial charge on any atom is -1.00 e. The van der Waals surface area contributed by atoms with Gasteiger partial charge in [0, 0.05) is 11.1 Å². The maximum Gasteiger partial charge on any atom is 0.447 e. The molecule has 88 valence electrons. The number of ether oxygens (including phenoxy) is 1. The number of halogens is 2. The SMILES string of the molecule is COc1cc(Cl)cc(S(=O)(=O)O)c1[N+]#N.[Br-]. The van der Waals surface area contributed by atoms with E-state index in [1.54, 1.807) is 0 Å². The summed E-state index contributed by atoms with van der Waals surface area (Å²) in [6.07, 6.45) is 0. The van der Waals surface area contributed by atoms with Gasteiger partial charge in [-0.05, 0) is 6.07 Å². The van der Waals surface area contributed by atoms with Crippen LogP contribution in [0.1, 0.15) is 0 Å². The maximum absolute atomic E-state index is 10.9. The molecule has 0 radical (unpaired) electrons. The summed E-state index contributed by atoms with van der Waals surface area (Å²) in [7, 11) is -3.27. The first-order valence-corrected chi connectivity index (χ1v) is 5.42. The summed E-state index contributed by atoms with van der Waals surface area (Å²) in [4.78, 5) is 2.11. The molecule has 0 aliphatic carbocycles. The highest BCUT2D eigenvalue weighted by Gasteiger charge is 2.30. The number of benzene rings is 1.